The van der Waals surface area contributed by atoms with Gasteiger partial charge in [0, 0.05) is 31.3 Å². The average molecular weight is 254 g/mol. The van der Waals surface area contributed by atoms with Crippen molar-refractivity contribution in [3.63, 3.8) is 0 Å². The summed E-state index contributed by atoms with van der Waals surface area (Å²) in [6, 6.07) is 7.09. The summed E-state index contributed by atoms with van der Waals surface area (Å²) in [5, 5.41) is 12.3. The Hall–Kier alpha value is -0.970. The molecule has 3 nitrogen and oxygen atoms in total. The second-order valence-corrected chi connectivity index (χ2v) is 4.56. The second kappa shape index (κ2) is 8.19. The number of rotatable bonds is 8. The van der Waals surface area contributed by atoms with Crippen molar-refractivity contribution in [1.82, 2.24) is 10.2 Å². The summed E-state index contributed by atoms with van der Waals surface area (Å²) in [6.45, 7) is 4.47. The number of aliphatic hydroxyl groups excluding tert-OH is 1. The molecule has 1 unspecified atom stereocenters. The molecule has 2 N–H and O–H groups in total. The van der Waals surface area contributed by atoms with Crippen molar-refractivity contribution < 1.29 is 9.50 Å². The van der Waals surface area contributed by atoms with Crippen molar-refractivity contribution in [3.8, 4) is 0 Å². The maximum absolute atomic E-state index is 13.5. The quantitative estimate of drug-likeness (QED) is 0.740. The topological polar surface area (TPSA) is 35.5 Å². The normalized spacial score (nSPS) is 12.9. The van der Waals surface area contributed by atoms with E-state index in [2.05, 4.69) is 10.2 Å². The van der Waals surface area contributed by atoms with Gasteiger partial charge in [-0.25, -0.2) is 4.39 Å². The average Bonchev–Trinajstić information content (AvgIpc) is 2.33. The van der Waals surface area contributed by atoms with E-state index in [1.807, 2.05) is 20.0 Å². The third kappa shape index (κ3) is 5.12. The number of hydrogen-bond donors (Lipinski definition) is 2. The first-order chi connectivity index (χ1) is 8.67. The second-order valence-electron chi connectivity index (χ2n) is 4.56. The van der Waals surface area contributed by atoms with Crippen LogP contribution in [0.2, 0.25) is 0 Å². The zero-order valence-electron chi connectivity index (χ0n) is 11.2. The van der Waals surface area contributed by atoms with Gasteiger partial charge in [0.05, 0.1) is 0 Å². The van der Waals surface area contributed by atoms with Crippen LogP contribution in [0.5, 0.6) is 0 Å². The molecule has 1 atom stereocenters. The first-order valence-electron chi connectivity index (χ1n) is 6.43. The molecule has 4 heteroatoms. The number of hydrogen-bond acceptors (Lipinski definition) is 3. The van der Waals surface area contributed by atoms with E-state index in [9.17, 15) is 4.39 Å². The van der Waals surface area contributed by atoms with Gasteiger partial charge in [-0.15, -0.1) is 0 Å². The Morgan fingerprint density at radius 2 is 2.11 bits per heavy atom. The molecule has 0 bridgehead atoms. The molecule has 0 radical (unpaired) electrons. The molecule has 1 aromatic rings. The molecule has 0 saturated carbocycles. The van der Waals surface area contributed by atoms with Crippen molar-refractivity contribution in [2.24, 2.45) is 0 Å². The third-order valence-corrected chi connectivity index (χ3v) is 2.90. The molecule has 0 aromatic heterocycles. The Labute approximate surface area is 109 Å². The van der Waals surface area contributed by atoms with Gasteiger partial charge >= 0.3 is 0 Å². The standard InChI is InChI=1S/C14H23FN2O/c1-3-16-13(8-9-18)11-17(2)10-12-6-4-5-7-14(12)15/h4-7,13,16,18H,3,8-11H2,1-2H3. The highest BCUT2D eigenvalue weighted by atomic mass is 19.1. The fraction of sp³-hybridized carbons (Fsp3) is 0.571. The molecule has 1 aromatic carbocycles. The predicted octanol–water partition coefficient (Wildman–Crippen LogP) is 1.62. The van der Waals surface area contributed by atoms with E-state index in [0.717, 1.165) is 19.5 Å². The lowest BCUT2D eigenvalue weighted by atomic mass is 10.1. The number of halogens is 1. The molecule has 18 heavy (non-hydrogen) atoms. The van der Waals surface area contributed by atoms with E-state index in [-0.39, 0.29) is 18.5 Å². The Kier molecular flexibility index (Phi) is 6.86. The zero-order valence-corrected chi connectivity index (χ0v) is 11.2. The molecular weight excluding hydrogens is 231 g/mol. The largest absolute Gasteiger partial charge is 0.396 e. The molecule has 0 heterocycles. The lowest BCUT2D eigenvalue weighted by Gasteiger charge is -2.24. The highest BCUT2D eigenvalue weighted by Gasteiger charge is 2.11. The lowest BCUT2D eigenvalue weighted by molar-refractivity contribution is 0.226. The third-order valence-electron chi connectivity index (χ3n) is 2.90. The van der Waals surface area contributed by atoms with Gasteiger partial charge in [-0.05, 0) is 26.1 Å². The minimum atomic E-state index is -0.161. The fourth-order valence-corrected chi connectivity index (χ4v) is 2.06. The molecule has 0 spiro atoms. The molecule has 0 aliphatic rings. The molecular formula is C14H23FN2O. The highest BCUT2D eigenvalue weighted by Crippen LogP contribution is 2.09. The van der Waals surface area contributed by atoms with E-state index in [1.165, 1.54) is 6.07 Å². The van der Waals surface area contributed by atoms with E-state index in [0.29, 0.717) is 12.1 Å². The molecule has 0 amide bonds. The van der Waals surface area contributed by atoms with Crippen LogP contribution in [0, 0.1) is 5.82 Å². The maximum atomic E-state index is 13.5. The molecule has 0 aliphatic carbocycles. The lowest BCUT2D eigenvalue weighted by Crippen LogP contribution is -2.40. The van der Waals surface area contributed by atoms with Crippen LogP contribution < -0.4 is 5.32 Å². The summed E-state index contributed by atoms with van der Waals surface area (Å²) < 4.78 is 13.5. The summed E-state index contributed by atoms with van der Waals surface area (Å²) in [6.07, 6.45) is 0.718. The summed E-state index contributed by atoms with van der Waals surface area (Å²) in [5.74, 6) is -0.161. The summed E-state index contributed by atoms with van der Waals surface area (Å²) in [7, 11) is 1.97. The van der Waals surface area contributed by atoms with Crippen LogP contribution in [0.25, 0.3) is 0 Å². The van der Waals surface area contributed by atoms with E-state index in [4.69, 9.17) is 5.11 Å². The van der Waals surface area contributed by atoms with Gasteiger partial charge in [-0.1, -0.05) is 25.1 Å². The Morgan fingerprint density at radius 3 is 2.72 bits per heavy atom. The number of benzene rings is 1. The predicted molar refractivity (Wildman–Crippen MR) is 71.9 cm³/mol. The number of nitrogens with one attached hydrogen (secondary N) is 1. The Bertz CT molecular complexity index is 340. The van der Waals surface area contributed by atoms with Crippen LogP contribution in [0.15, 0.2) is 24.3 Å². The highest BCUT2D eigenvalue weighted by molar-refractivity contribution is 5.16. The van der Waals surface area contributed by atoms with Crippen molar-refractivity contribution in [2.45, 2.75) is 25.9 Å². The van der Waals surface area contributed by atoms with Gasteiger partial charge in [0.2, 0.25) is 0 Å². The molecule has 0 aliphatic heterocycles. The molecule has 102 valence electrons. The maximum Gasteiger partial charge on any atom is 0.127 e. The Balaban J connectivity index is 2.49. The zero-order chi connectivity index (χ0) is 13.4. The van der Waals surface area contributed by atoms with E-state index in [1.54, 1.807) is 12.1 Å². The molecule has 1 rings (SSSR count). The molecule has 0 saturated heterocycles. The van der Waals surface area contributed by atoms with Gasteiger partial charge in [-0.2, -0.15) is 0 Å². The number of nitrogens with zero attached hydrogens (tertiary/aromatic N) is 1. The van der Waals surface area contributed by atoms with Gasteiger partial charge in [0.1, 0.15) is 5.82 Å². The summed E-state index contributed by atoms with van der Waals surface area (Å²) in [4.78, 5) is 2.07. The minimum absolute atomic E-state index is 0.161. The minimum Gasteiger partial charge on any atom is -0.396 e. The van der Waals surface area contributed by atoms with Crippen LogP contribution >= 0.6 is 0 Å². The number of aliphatic hydroxyl groups is 1. The van der Waals surface area contributed by atoms with Crippen LogP contribution in [0.4, 0.5) is 4.39 Å². The SMILES string of the molecule is CCNC(CCO)CN(C)Cc1ccccc1F. The summed E-state index contributed by atoms with van der Waals surface area (Å²) in [5.41, 5.74) is 0.708. The van der Waals surface area contributed by atoms with E-state index >= 15 is 0 Å². The molecule has 0 fully saturated rings. The first kappa shape index (κ1) is 15.1. The monoisotopic (exact) mass is 254 g/mol. The van der Waals surface area contributed by atoms with Gasteiger partial charge in [0.25, 0.3) is 0 Å². The van der Waals surface area contributed by atoms with Crippen molar-refractivity contribution in [3.05, 3.63) is 35.6 Å². The number of likely N-dealkylation sites (N-methyl/N-ethyl adjacent to an activating group) is 2. The first-order valence-corrected chi connectivity index (χ1v) is 6.43. The van der Waals surface area contributed by atoms with Gasteiger partial charge < -0.3 is 15.3 Å². The van der Waals surface area contributed by atoms with Crippen molar-refractivity contribution in [1.29, 1.82) is 0 Å². The summed E-state index contributed by atoms with van der Waals surface area (Å²) >= 11 is 0. The van der Waals surface area contributed by atoms with E-state index < -0.39 is 0 Å². The van der Waals surface area contributed by atoms with Crippen LogP contribution in [0.3, 0.4) is 0 Å². The Morgan fingerprint density at radius 1 is 1.39 bits per heavy atom. The van der Waals surface area contributed by atoms with Crippen molar-refractivity contribution in [2.75, 3.05) is 26.7 Å². The smallest absolute Gasteiger partial charge is 0.127 e. The van der Waals surface area contributed by atoms with Gasteiger partial charge in [0.15, 0.2) is 0 Å². The van der Waals surface area contributed by atoms with Crippen LogP contribution in [-0.4, -0.2) is 42.8 Å². The van der Waals surface area contributed by atoms with Gasteiger partial charge in [-0.3, -0.25) is 0 Å². The van der Waals surface area contributed by atoms with Crippen LogP contribution in [0.1, 0.15) is 18.9 Å². The van der Waals surface area contributed by atoms with Crippen molar-refractivity contribution >= 4 is 0 Å². The fourth-order valence-electron chi connectivity index (χ4n) is 2.06. The van der Waals surface area contributed by atoms with Crippen LogP contribution in [-0.2, 0) is 6.54 Å².